The van der Waals surface area contributed by atoms with Crippen molar-refractivity contribution in [2.24, 2.45) is 0 Å². The van der Waals surface area contributed by atoms with Crippen molar-refractivity contribution in [3.8, 4) is 5.75 Å². The quantitative estimate of drug-likeness (QED) is 0.825. The van der Waals surface area contributed by atoms with E-state index in [0.717, 1.165) is 5.56 Å². The molecule has 2 atom stereocenters. The largest absolute Gasteiger partial charge is 0.497 e. The minimum absolute atomic E-state index is 0.0330. The fourth-order valence-electron chi connectivity index (χ4n) is 2.96. The summed E-state index contributed by atoms with van der Waals surface area (Å²) in [6.07, 6.45) is -5.56. The average molecular weight is 380 g/mol. The molecular weight excluding hydrogens is 361 g/mol. The lowest BCUT2D eigenvalue weighted by atomic mass is 9.92. The van der Waals surface area contributed by atoms with Crippen molar-refractivity contribution < 1.29 is 27.4 Å². The van der Waals surface area contributed by atoms with Crippen LogP contribution in [0.25, 0.3) is 0 Å². The first kappa shape index (κ1) is 18.9. The number of hydrogen-bond acceptors (Lipinski definition) is 4. The molecule has 0 saturated carbocycles. The van der Waals surface area contributed by atoms with E-state index in [4.69, 9.17) is 9.47 Å². The fraction of sp³-hybridized carbons (Fsp3) is 0.316. The van der Waals surface area contributed by atoms with Crippen LogP contribution in [0.15, 0.2) is 48.5 Å². The molecule has 2 N–H and O–H groups in total. The van der Waals surface area contributed by atoms with Gasteiger partial charge in [0.1, 0.15) is 18.4 Å². The third kappa shape index (κ3) is 4.64. The Bertz CT molecular complexity index is 797. The molecule has 0 aromatic heterocycles. The Balaban J connectivity index is 1.75. The Hall–Kier alpha value is -2.90. The van der Waals surface area contributed by atoms with Crippen LogP contribution in [0.5, 0.6) is 5.75 Å². The second-order valence-electron chi connectivity index (χ2n) is 6.19. The molecule has 1 aliphatic rings. The minimum Gasteiger partial charge on any atom is -0.497 e. The van der Waals surface area contributed by atoms with E-state index in [0.29, 0.717) is 17.0 Å². The van der Waals surface area contributed by atoms with Gasteiger partial charge in [-0.25, -0.2) is 4.79 Å². The lowest BCUT2D eigenvalue weighted by Crippen LogP contribution is -2.44. The van der Waals surface area contributed by atoms with Crippen molar-refractivity contribution in [3.05, 3.63) is 59.7 Å². The number of halogens is 3. The molecule has 0 aliphatic carbocycles. The van der Waals surface area contributed by atoms with Crippen LogP contribution in [0.1, 0.15) is 23.6 Å². The average Bonchev–Trinajstić information content (AvgIpc) is 2.66. The molecule has 1 heterocycles. The van der Waals surface area contributed by atoms with Crippen molar-refractivity contribution in [2.45, 2.75) is 31.3 Å². The van der Waals surface area contributed by atoms with Crippen molar-refractivity contribution >= 4 is 11.8 Å². The lowest BCUT2D eigenvalue weighted by molar-refractivity contribution is -0.145. The zero-order valence-electron chi connectivity index (χ0n) is 14.5. The molecule has 8 heteroatoms. The van der Waals surface area contributed by atoms with Crippen LogP contribution in [-0.4, -0.2) is 25.4 Å². The van der Waals surface area contributed by atoms with E-state index in [1.807, 2.05) is 6.07 Å². The monoisotopic (exact) mass is 380 g/mol. The van der Waals surface area contributed by atoms with E-state index in [2.05, 4.69) is 10.6 Å². The molecule has 0 unspecified atom stereocenters. The number of methoxy groups -OCH3 is 1. The molecule has 27 heavy (non-hydrogen) atoms. The van der Waals surface area contributed by atoms with Gasteiger partial charge in [0.2, 0.25) is 0 Å². The molecular formula is C19H19F3N2O3. The molecule has 144 valence electrons. The number of ether oxygens (including phenoxy) is 2. The van der Waals surface area contributed by atoms with Gasteiger partial charge >= 0.3 is 12.3 Å². The summed E-state index contributed by atoms with van der Waals surface area (Å²) in [5.41, 5.74) is 1.61. The summed E-state index contributed by atoms with van der Waals surface area (Å²) < 4.78 is 50.0. The van der Waals surface area contributed by atoms with Crippen LogP contribution in [0.4, 0.5) is 23.7 Å². The summed E-state index contributed by atoms with van der Waals surface area (Å²) in [7, 11) is 1.47. The molecule has 0 radical (unpaired) electrons. The van der Waals surface area contributed by atoms with Crippen LogP contribution in [0.3, 0.4) is 0 Å². The van der Waals surface area contributed by atoms with Crippen molar-refractivity contribution in [1.29, 1.82) is 0 Å². The third-order valence-electron chi connectivity index (χ3n) is 4.34. The Morgan fingerprint density at radius 3 is 2.63 bits per heavy atom. The van der Waals surface area contributed by atoms with Gasteiger partial charge in [0, 0.05) is 17.7 Å². The number of hydrogen-bond donors (Lipinski definition) is 2. The Morgan fingerprint density at radius 1 is 1.22 bits per heavy atom. The van der Waals surface area contributed by atoms with Gasteiger partial charge in [0.15, 0.2) is 0 Å². The number of carbonyl (C=O) groups excluding carboxylic acids is 1. The molecule has 0 bridgehead atoms. The zero-order valence-corrected chi connectivity index (χ0v) is 14.5. The van der Waals surface area contributed by atoms with Gasteiger partial charge in [-0.3, -0.25) is 0 Å². The van der Waals surface area contributed by atoms with Gasteiger partial charge in [-0.2, -0.15) is 13.2 Å². The highest BCUT2D eigenvalue weighted by Gasteiger charge is 2.44. The number of alkyl halides is 3. The van der Waals surface area contributed by atoms with Crippen LogP contribution >= 0.6 is 0 Å². The molecule has 1 amide bonds. The van der Waals surface area contributed by atoms with Crippen LogP contribution in [-0.2, 0) is 11.3 Å². The van der Waals surface area contributed by atoms with Crippen molar-refractivity contribution in [1.82, 2.24) is 5.32 Å². The SMILES string of the molecule is COc1ccc2c(c1)[C@H](NC(=O)OCc1ccccc1)C[C@H](C(F)(F)F)N2. The lowest BCUT2D eigenvalue weighted by Gasteiger charge is -2.34. The molecule has 3 rings (SSSR count). The van der Waals surface area contributed by atoms with Gasteiger partial charge in [-0.15, -0.1) is 0 Å². The summed E-state index contributed by atoms with van der Waals surface area (Å²) in [6.45, 7) is 0.0330. The van der Waals surface area contributed by atoms with E-state index in [9.17, 15) is 18.0 Å². The van der Waals surface area contributed by atoms with Gasteiger partial charge in [-0.05, 0) is 23.8 Å². The Morgan fingerprint density at radius 2 is 1.96 bits per heavy atom. The molecule has 1 aliphatic heterocycles. The van der Waals surface area contributed by atoms with E-state index >= 15 is 0 Å². The summed E-state index contributed by atoms with van der Waals surface area (Å²) >= 11 is 0. The summed E-state index contributed by atoms with van der Waals surface area (Å²) in [6, 6.07) is 11.1. The number of anilines is 1. The zero-order chi connectivity index (χ0) is 19.4. The fourth-order valence-corrected chi connectivity index (χ4v) is 2.96. The van der Waals surface area contributed by atoms with Crippen molar-refractivity contribution in [3.63, 3.8) is 0 Å². The maximum absolute atomic E-state index is 13.2. The third-order valence-corrected chi connectivity index (χ3v) is 4.34. The predicted molar refractivity (Wildman–Crippen MR) is 93.6 cm³/mol. The van der Waals surface area contributed by atoms with Gasteiger partial charge in [0.05, 0.1) is 13.2 Å². The van der Waals surface area contributed by atoms with Gasteiger partial charge in [0.25, 0.3) is 0 Å². The second-order valence-corrected chi connectivity index (χ2v) is 6.19. The standard InChI is InChI=1S/C19H19F3N2O3/c1-26-13-7-8-15-14(9-13)16(10-17(23-15)19(20,21)22)24-18(25)27-11-12-5-3-2-4-6-12/h2-9,16-17,23H,10-11H2,1H3,(H,24,25)/t16-,17-/m1/s1. The summed E-state index contributed by atoms with van der Waals surface area (Å²) in [4.78, 5) is 12.1. The number of benzene rings is 2. The summed E-state index contributed by atoms with van der Waals surface area (Å²) in [5, 5.41) is 5.02. The minimum atomic E-state index is -4.44. The highest BCUT2D eigenvalue weighted by molar-refractivity contribution is 5.69. The first-order valence-electron chi connectivity index (χ1n) is 8.35. The highest BCUT2D eigenvalue weighted by atomic mass is 19.4. The van der Waals surface area contributed by atoms with E-state index in [-0.39, 0.29) is 13.0 Å². The number of alkyl carbamates (subject to hydrolysis) is 1. The molecule has 0 spiro atoms. The van der Waals surface area contributed by atoms with Crippen LogP contribution in [0.2, 0.25) is 0 Å². The maximum atomic E-state index is 13.2. The molecule has 2 aromatic rings. The Kier molecular flexibility index (Phi) is 5.43. The van der Waals surface area contributed by atoms with Crippen molar-refractivity contribution in [2.75, 3.05) is 12.4 Å². The first-order valence-corrected chi connectivity index (χ1v) is 8.35. The number of amides is 1. The number of rotatable bonds is 4. The normalized spacial score (nSPS) is 18.8. The van der Waals surface area contributed by atoms with E-state index < -0.39 is 24.4 Å². The first-order chi connectivity index (χ1) is 12.9. The molecule has 2 aromatic carbocycles. The summed E-state index contributed by atoms with van der Waals surface area (Å²) in [5.74, 6) is 0.491. The number of fused-ring (bicyclic) bond motifs is 1. The van der Waals surface area contributed by atoms with Crippen LogP contribution in [0, 0.1) is 0 Å². The number of nitrogens with one attached hydrogen (secondary N) is 2. The van der Waals surface area contributed by atoms with E-state index in [1.165, 1.54) is 13.2 Å². The molecule has 0 fully saturated rings. The van der Waals surface area contributed by atoms with Crippen LogP contribution < -0.4 is 15.4 Å². The second kappa shape index (κ2) is 7.77. The maximum Gasteiger partial charge on any atom is 0.408 e. The Labute approximate surface area is 154 Å². The van der Waals surface area contributed by atoms with E-state index in [1.54, 1.807) is 36.4 Å². The molecule has 5 nitrogen and oxygen atoms in total. The topological polar surface area (TPSA) is 59.6 Å². The van der Waals surface area contributed by atoms with Gasteiger partial charge < -0.3 is 20.1 Å². The van der Waals surface area contributed by atoms with Gasteiger partial charge in [-0.1, -0.05) is 30.3 Å². The smallest absolute Gasteiger partial charge is 0.408 e. The predicted octanol–water partition coefficient (Wildman–Crippen LogP) is 4.41. The highest BCUT2D eigenvalue weighted by Crippen LogP contribution is 2.40. The number of carbonyl (C=O) groups is 1. The molecule has 0 saturated heterocycles.